The first-order valence-corrected chi connectivity index (χ1v) is 7.37. The normalized spacial score (nSPS) is 22.7. The molecule has 0 aliphatic carbocycles. The number of alkyl halides is 3. The quantitative estimate of drug-likeness (QED) is 0.918. The van der Waals surface area contributed by atoms with Crippen molar-refractivity contribution in [3.05, 3.63) is 23.9 Å². The van der Waals surface area contributed by atoms with E-state index in [2.05, 4.69) is 10.3 Å². The van der Waals surface area contributed by atoms with Crippen LogP contribution in [0, 0.1) is 0 Å². The van der Waals surface area contributed by atoms with Gasteiger partial charge in [0.25, 0.3) is 0 Å². The molecule has 0 radical (unpaired) electrons. The Kier molecular flexibility index (Phi) is 5.46. The number of amides is 1. The Morgan fingerprint density at radius 2 is 2.17 bits per heavy atom. The highest BCUT2D eigenvalue weighted by molar-refractivity contribution is 5.73. The van der Waals surface area contributed by atoms with Gasteiger partial charge in [0.1, 0.15) is 6.04 Å². The lowest BCUT2D eigenvalue weighted by Crippen LogP contribution is -2.55. The largest absolute Gasteiger partial charge is 0.481 e. The Balaban J connectivity index is 2.15. The first-order valence-electron chi connectivity index (χ1n) is 7.37. The van der Waals surface area contributed by atoms with Gasteiger partial charge >= 0.3 is 6.18 Å². The molecular formula is C15H20F3N3O2. The van der Waals surface area contributed by atoms with Crippen molar-refractivity contribution < 1.29 is 22.7 Å². The minimum Gasteiger partial charge on any atom is -0.481 e. The van der Waals surface area contributed by atoms with Crippen LogP contribution in [0.3, 0.4) is 0 Å². The van der Waals surface area contributed by atoms with Crippen LogP contribution in [0.2, 0.25) is 0 Å². The molecule has 1 amide bonds. The summed E-state index contributed by atoms with van der Waals surface area (Å²) < 4.78 is 44.8. The number of nitrogens with one attached hydrogen (secondary N) is 1. The van der Waals surface area contributed by atoms with Gasteiger partial charge in [-0.2, -0.15) is 13.2 Å². The van der Waals surface area contributed by atoms with E-state index in [1.165, 1.54) is 18.9 Å². The molecule has 2 rings (SSSR count). The van der Waals surface area contributed by atoms with E-state index in [-0.39, 0.29) is 31.5 Å². The van der Waals surface area contributed by atoms with E-state index >= 15 is 0 Å². The SMILES string of the molecule is COc1cccc(CN2C[C@@H](NC(C)=O)CC[C@H]2C(F)(F)F)n1. The highest BCUT2D eigenvalue weighted by Gasteiger charge is 2.46. The number of methoxy groups -OCH3 is 1. The number of ether oxygens (including phenoxy) is 1. The number of piperidine rings is 1. The second-order valence-electron chi connectivity index (χ2n) is 5.63. The molecule has 1 aromatic heterocycles. The number of pyridine rings is 1. The summed E-state index contributed by atoms with van der Waals surface area (Å²) in [6, 6.07) is 3.19. The van der Waals surface area contributed by atoms with Gasteiger partial charge < -0.3 is 10.1 Å². The van der Waals surface area contributed by atoms with Crippen LogP contribution < -0.4 is 10.1 Å². The topological polar surface area (TPSA) is 54.5 Å². The molecule has 1 aromatic rings. The third kappa shape index (κ3) is 4.82. The molecule has 0 unspecified atom stereocenters. The number of carbonyl (C=O) groups is 1. The highest BCUT2D eigenvalue weighted by atomic mass is 19.4. The van der Waals surface area contributed by atoms with Crippen LogP contribution in [-0.2, 0) is 11.3 Å². The van der Waals surface area contributed by atoms with E-state index in [1.54, 1.807) is 18.2 Å². The van der Waals surface area contributed by atoms with Gasteiger partial charge in [-0.15, -0.1) is 0 Å². The molecule has 1 fully saturated rings. The molecule has 1 saturated heterocycles. The third-order valence-electron chi connectivity index (χ3n) is 3.82. The molecule has 1 aliphatic heterocycles. The lowest BCUT2D eigenvalue weighted by molar-refractivity contribution is -0.194. The molecule has 1 aliphatic rings. The van der Waals surface area contributed by atoms with E-state index in [0.717, 1.165) is 0 Å². The molecule has 0 bridgehead atoms. The van der Waals surface area contributed by atoms with Crippen molar-refractivity contribution in [2.24, 2.45) is 0 Å². The van der Waals surface area contributed by atoms with Crippen molar-refractivity contribution >= 4 is 5.91 Å². The average molecular weight is 331 g/mol. The summed E-state index contributed by atoms with van der Waals surface area (Å²) >= 11 is 0. The number of nitrogens with zero attached hydrogens (tertiary/aromatic N) is 2. The molecule has 2 heterocycles. The van der Waals surface area contributed by atoms with Gasteiger partial charge in [0.2, 0.25) is 11.8 Å². The number of carbonyl (C=O) groups excluding carboxylic acids is 1. The summed E-state index contributed by atoms with van der Waals surface area (Å²) in [5.74, 6) is 0.126. The molecule has 5 nitrogen and oxygen atoms in total. The summed E-state index contributed by atoms with van der Waals surface area (Å²) in [5, 5.41) is 2.70. The molecule has 0 spiro atoms. The monoisotopic (exact) mass is 331 g/mol. The van der Waals surface area contributed by atoms with Crippen LogP contribution in [0.5, 0.6) is 5.88 Å². The van der Waals surface area contributed by atoms with Gasteiger partial charge in [-0.05, 0) is 18.9 Å². The maximum Gasteiger partial charge on any atom is 0.404 e. The minimum absolute atomic E-state index is 0.0432. The van der Waals surface area contributed by atoms with Gasteiger partial charge in [-0.3, -0.25) is 9.69 Å². The standard InChI is InChI=1S/C15H20F3N3O2/c1-10(22)19-12-6-7-13(15(16,17)18)21(9-12)8-11-4-3-5-14(20-11)23-2/h3-5,12-13H,6-9H2,1-2H3,(H,19,22)/t12-,13-/m0/s1. The van der Waals surface area contributed by atoms with Crippen LogP contribution in [0.15, 0.2) is 18.2 Å². The minimum atomic E-state index is -4.31. The Hall–Kier alpha value is -1.83. The van der Waals surface area contributed by atoms with Gasteiger partial charge in [-0.25, -0.2) is 4.98 Å². The van der Waals surface area contributed by atoms with E-state index in [9.17, 15) is 18.0 Å². The lowest BCUT2D eigenvalue weighted by atomic mass is 9.97. The highest BCUT2D eigenvalue weighted by Crippen LogP contribution is 2.32. The van der Waals surface area contributed by atoms with E-state index in [0.29, 0.717) is 18.0 Å². The predicted molar refractivity (Wildman–Crippen MR) is 77.9 cm³/mol. The van der Waals surface area contributed by atoms with Crippen molar-refractivity contribution in [3.63, 3.8) is 0 Å². The van der Waals surface area contributed by atoms with E-state index in [4.69, 9.17) is 4.74 Å². The summed E-state index contributed by atoms with van der Waals surface area (Å²) in [5.41, 5.74) is 0.502. The molecule has 128 valence electrons. The number of halogens is 3. The van der Waals surface area contributed by atoms with E-state index < -0.39 is 12.2 Å². The first-order chi connectivity index (χ1) is 10.8. The van der Waals surface area contributed by atoms with E-state index in [1.807, 2.05) is 0 Å². The van der Waals surface area contributed by atoms with Crippen molar-refractivity contribution in [3.8, 4) is 5.88 Å². The summed E-state index contributed by atoms with van der Waals surface area (Å²) in [6.45, 7) is 1.56. The average Bonchev–Trinajstić information content (AvgIpc) is 2.45. The zero-order chi connectivity index (χ0) is 17.0. The molecule has 23 heavy (non-hydrogen) atoms. The third-order valence-corrected chi connectivity index (χ3v) is 3.82. The molecule has 0 aromatic carbocycles. The lowest BCUT2D eigenvalue weighted by Gasteiger charge is -2.40. The Labute approximate surface area is 132 Å². The van der Waals surface area contributed by atoms with Gasteiger partial charge in [0, 0.05) is 32.1 Å². The van der Waals surface area contributed by atoms with Gasteiger partial charge in [0.05, 0.1) is 12.8 Å². The van der Waals surface area contributed by atoms with Crippen molar-refractivity contribution in [1.29, 1.82) is 0 Å². The van der Waals surface area contributed by atoms with Crippen molar-refractivity contribution in [2.75, 3.05) is 13.7 Å². The number of aromatic nitrogens is 1. The summed E-state index contributed by atoms with van der Waals surface area (Å²) in [4.78, 5) is 16.7. The molecule has 2 atom stereocenters. The summed E-state index contributed by atoms with van der Waals surface area (Å²) in [7, 11) is 1.46. The molecule has 8 heteroatoms. The van der Waals surface area contributed by atoms with Crippen LogP contribution >= 0.6 is 0 Å². The Morgan fingerprint density at radius 3 is 2.78 bits per heavy atom. The fourth-order valence-electron chi connectivity index (χ4n) is 2.86. The van der Waals surface area contributed by atoms with Gasteiger partial charge in [-0.1, -0.05) is 6.07 Å². The number of rotatable bonds is 4. The Bertz CT molecular complexity index is 551. The van der Waals surface area contributed by atoms with Crippen LogP contribution in [-0.4, -0.2) is 47.7 Å². The Morgan fingerprint density at radius 1 is 1.43 bits per heavy atom. The zero-order valence-corrected chi connectivity index (χ0v) is 13.1. The van der Waals surface area contributed by atoms with Gasteiger partial charge in [0.15, 0.2) is 0 Å². The predicted octanol–water partition coefficient (Wildman–Crippen LogP) is 2.12. The number of hydrogen-bond donors (Lipinski definition) is 1. The molecule has 0 saturated carbocycles. The first kappa shape index (κ1) is 17.5. The van der Waals surface area contributed by atoms with Crippen LogP contribution in [0.1, 0.15) is 25.5 Å². The molecule has 1 N–H and O–H groups in total. The zero-order valence-electron chi connectivity index (χ0n) is 13.1. The maximum absolute atomic E-state index is 13.3. The number of likely N-dealkylation sites (tertiary alicyclic amines) is 1. The summed E-state index contributed by atoms with van der Waals surface area (Å²) in [6.07, 6.45) is -4.04. The maximum atomic E-state index is 13.3. The number of hydrogen-bond acceptors (Lipinski definition) is 4. The smallest absolute Gasteiger partial charge is 0.404 e. The van der Waals surface area contributed by atoms with Crippen molar-refractivity contribution in [1.82, 2.24) is 15.2 Å². The second-order valence-corrected chi connectivity index (χ2v) is 5.63. The van der Waals surface area contributed by atoms with Crippen LogP contribution in [0.25, 0.3) is 0 Å². The van der Waals surface area contributed by atoms with Crippen LogP contribution in [0.4, 0.5) is 13.2 Å². The second kappa shape index (κ2) is 7.16. The fraction of sp³-hybridized carbons (Fsp3) is 0.600. The molecular weight excluding hydrogens is 311 g/mol. The van der Waals surface area contributed by atoms with Crippen molar-refractivity contribution in [2.45, 2.75) is 44.6 Å². The fourth-order valence-corrected chi connectivity index (χ4v) is 2.86.